The number of carbonyl (C=O) groups excluding carboxylic acids is 1. The highest BCUT2D eigenvalue weighted by Crippen LogP contribution is 2.50. The van der Waals surface area contributed by atoms with E-state index in [0.29, 0.717) is 17.9 Å². The Bertz CT molecular complexity index is 356. The van der Waals surface area contributed by atoms with Crippen molar-refractivity contribution in [2.75, 3.05) is 0 Å². The molecular formula is C16H27NO2. The lowest BCUT2D eigenvalue weighted by atomic mass is 9.72. The highest BCUT2D eigenvalue weighted by Gasteiger charge is 2.56. The van der Waals surface area contributed by atoms with Crippen molar-refractivity contribution >= 4 is 6.41 Å². The molecule has 0 aromatic carbocycles. The van der Waals surface area contributed by atoms with Crippen LogP contribution in [-0.2, 0) is 9.53 Å². The number of epoxide rings is 1. The average molecular weight is 265 g/mol. The van der Waals surface area contributed by atoms with E-state index in [0.717, 1.165) is 32.1 Å². The van der Waals surface area contributed by atoms with E-state index in [1.54, 1.807) is 0 Å². The Labute approximate surface area is 116 Å². The van der Waals surface area contributed by atoms with Crippen molar-refractivity contribution in [3.05, 3.63) is 12.2 Å². The van der Waals surface area contributed by atoms with Gasteiger partial charge in [0.05, 0.1) is 5.60 Å². The fourth-order valence-electron chi connectivity index (χ4n) is 3.24. The summed E-state index contributed by atoms with van der Waals surface area (Å²) in [5, 5.41) is 2.97. The summed E-state index contributed by atoms with van der Waals surface area (Å²) in [6.07, 6.45) is 9.97. The molecule has 2 atom stereocenters. The van der Waals surface area contributed by atoms with Crippen molar-refractivity contribution < 1.29 is 9.53 Å². The summed E-state index contributed by atoms with van der Waals surface area (Å²) in [6.45, 7) is 8.76. The Kier molecular flexibility index (Phi) is 4.05. The summed E-state index contributed by atoms with van der Waals surface area (Å²) >= 11 is 0. The van der Waals surface area contributed by atoms with Crippen LogP contribution < -0.4 is 5.32 Å². The lowest BCUT2D eigenvalue weighted by Crippen LogP contribution is -2.46. The van der Waals surface area contributed by atoms with Crippen LogP contribution in [0.4, 0.5) is 0 Å². The third-order valence-electron chi connectivity index (χ3n) is 4.87. The van der Waals surface area contributed by atoms with Gasteiger partial charge in [-0.2, -0.15) is 0 Å². The van der Waals surface area contributed by atoms with E-state index in [1.807, 2.05) is 0 Å². The van der Waals surface area contributed by atoms with Gasteiger partial charge in [-0.15, -0.1) is 0 Å². The number of ether oxygens (including phenoxy) is 1. The van der Waals surface area contributed by atoms with E-state index in [9.17, 15) is 4.79 Å². The molecule has 1 heterocycles. The Hall–Kier alpha value is -0.830. The van der Waals surface area contributed by atoms with Crippen molar-refractivity contribution in [3.8, 4) is 0 Å². The first-order valence-electron chi connectivity index (χ1n) is 7.47. The summed E-state index contributed by atoms with van der Waals surface area (Å²) in [5.41, 5.74) is 0.0284. The minimum absolute atomic E-state index is 0.00717. The molecule has 2 aliphatic rings. The molecule has 0 aromatic rings. The minimum Gasteiger partial charge on any atom is -0.362 e. The van der Waals surface area contributed by atoms with Crippen molar-refractivity contribution in [1.29, 1.82) is 0 Å². The summed E-state index contributed by atoms with van der Waals surface area (Å²) in [6, 6.07) is 0. The average Bonchev–Trinajstić information content (AvgIpc) is 3.00. The Balaban J connectivity index is 1.87. The molecule has 1 amide bonds. The maximum Gasteiger partial charge on any atom is 0.207 e. The van der Waals surface area contributed by atoms with Gasteiger partial charge in [-0.1, -0.05) is 26.0 Å². The second-order valence-corrected chi connectivity index (χ2v) is 6.95. The first-order chi connectivity index (χ1) is 8.89. The fraction of sp³-hybridized carbons (Fsp3) is 0.812. The van der Waals surface area contributed by atoms with Gasteiger partial charge in [0.15, 0.2) is 0 Å². The van der Waals surface area contributed by atoms with Crippen molar-refractivity contribution in [3.63, 3.8) is 0 Å². The third-order valence-corrected chi connectivity index (χ3v) is 4.87. The standard InChI is InChI=1S/C16H27NO2/c1-12(2)5-6-14-16(4,19-14)13-7-9-15(3,10-8-13)17-11-18/h5-6,11-14H,7-10H2,1-4H3,(H,17,18). The van der Waals surface area contributed by atoms with Crippen molar-refractivity contribution in [2.45, 2.75) is 70.6 Å². The summed E-state index contributed by atoms with van der Waals surface area (Å²) in [7, 11) is 0. The lowest BCUT2D eigenvalue weighted by Gasteiger charge is -2.38. The summed E-state index contributed by atoms with van der Waals surface area (Å²) in [4.78, 5) is 10.6. The molecule has 0 bridgehead atoms. The van der Waals surface area contributed by atoms with Gasteiger partial charge in [0.2, 0.25) is 6.41 Å². The maximum absolute atomic E-state index is 10.6. The molecule has 1 saturated carbocycles. The van der Waals surface area contributed by atoms with Gasteiger partial charge in [0.25, 0.3) is 0 Å². The van der Waals surface area contributed by atoms with Crippen LogP contribution in [0.5, 0.6) is 0 Å². The fourth-order valence-corrected chi connectivity index (χ4v) is 3.24. The van der Waals surface area contributed by atoms with Gasteiger partial charge in [-0.25, -0.2) is 0 Å². The Morgan fingerprint density at radius 1 is 1.26 bits per heavy atom. The lowest BCUT2D eigenvalue weighted by molar-refractivity contribution is -0.111. The van der Waals surface area contributed by atoms with Crippen LogP contribution in [0.2, 0.25) is 0 Å². The first-order valence-corrected chi connectivity index (χ1v) is 7.47. The van der Waals surface area contributed by atoms with E-state index in [1.165, 1.54) is 0 Å². The van der Waals surface area contributed by atoms with Crippen LogP contribution >= 0.6 is 0 Å². The maximum atomic E-state index is 10.6. The van der Waals surface area contributed by atoms with E-state index >= 15 is 0 Å². The minimum atomic E-state index is -0.00717. The Morgan fingerprint density at radius 3 is 2.42 bits per heavy atom. The second-order valence-electron chi connectivity index (χ2n) is 6.95. The molecule has 1 N–H and O–H groups in total. The van der Waals surface area contributed by atoms with Crippen LogP contribution in [0.15, 0.2) is 12.2 Å². The SMILES string of the molecule is CC(C)C=CC1OC1(C)C1CCC(C)(NC=O)CC1. The van der Waals surface area contributed by atoms with Gasteiger partial charge in [-0.05, 0) is 51.4 Å². The van der Waals surface area contributed by atoms with Gasteiger partial charge in [0, 0.05) is 5.54 Å². The van der Waals surface area contributed by atoms with Crippen LogP contribution in [0, 0.1) is 11.8 Å². The predicted octanol–water partition coefficient (Wildman–Crippen LogP) is 3.05. The highest BCUT2D eigenvalue weighted by molar-refractivity contribution is 5.47. The van der Waals surface area contributed by atoms with Gasteiger partial charge in [-0.3, -0.25) is 4.79 Å². The van der Waals surface area contributed by atoms with E-state index in [-0.39, 0.29) is 11.1 Å². The molecule has 2 rings (SSSR count). The van der Waals surface area contributed by atoms with Gasteiger partial charge >= 0.3 is 0 Å². The molecule has 1 aliphatic carbocycles. The van der Waals surface area contributed by atoms with E-state index in [2.05, 4.69) is 45.2 Å². The summed E-state index contributed by atoms with van der Waals surface area (Å²) < 4.78 is 5.95. The molecule has 2 unspecified atom stereocenters. The number of carbonyl (C=O) groups is 1. The van der Waals surface area contributed by atoms with Crippen LogP contribution in [-0.4, -0.2) is 23.7 Å². The number of hydrogen-bond donors (Lipinski definition) is 1. The first kappa shape index (κ1) is 14.6. The summed E-state index contributed by atoms with van der Waals surface area (Å²) in [5.74, 6) is 1.20. The van der Waals surface area contributed by atoms with Crippen molar-refractivity contribution in [1.82, 2.24) is 5.32 Å². The molecule has 0 radical (unpaired) electrons. The van der Waals surface area contributed by atoms with Crippen LogP contribution in [0.1, 0.15) is 53.4 Å². The zero-order chi connectivity index (χ0) is 14.1. The topological polar surface area (TPSA) is 41.6 Å². The molecule has 2 fully saturated rings. The number of amides is 1. The van der Waals surface area contributed by atoms with Gasteiger partial charge in [0.1, 0.15) is 6.10 Å². The highest BCUT2D eigenvalue weighted by atomic mass is 16.6. The van der Waals surface area contributed by atoms with E-state index in [4.69, 9.17) is 4.74 Å². The molecule has 3 nitrogen and oxygen atoms in total. The quantitative estimate of drug-likeness (QED) is 0.471. The molecule has 0 aromatic heterocycles. The number of nitrogens with one attached hydrogen (secondary N) is 1. The number of rotatable bonds is 5. The Morgan fingerprint density at radius 2 is 1.89 bits per heavy atom. The molecule has 3 heteroatoms. The van der Waals surface area contributed by atoms with Crippen LogP contribution in [0.3, 0.4) is 0 Å². The third kappa shape index (κ3) is 3.19. The normalized spacial score (nSPS) is 42.6. The number of allylic oxidation sites excluding steroid dienone is 1. The zero-order valence-corrected chi connectivity index (χ0v) is 12.6. The monoisotopic (exact) mass is 265 g/mol. The smallest absolute Gasteiger partial charge is 0.207 e. The second kappa shape index (κ2) is 5.28. The largest absolute Gasteiger partial charge is 0.362 e. The van der Waals surface area contributed by atoms with E-state index < -0.39 is 0 Å². The molecule has 1 aliphatic heterocycles. The van der Waals surface area contributed by atoms with Gasteiger partial charge < -0.3 is 10.1 Å². The van der Waals surface area contributed by atoms with Crippen LogP contribution in [0.25, 0.3) is 0 Å². The molecule has 108 valence electrons. The molecular weight excluding hydrogens is 238 g/mol. The zero-order valence-electron chi connectivity index (χ0n) is 12.6. The predicted molar refractivity (Wildman–Crippen MR) is 76.8 cm³/mol. The van der Waals surface area contributed by atoms with Crippen molar-refractivity contribution in [2.24, 2.45) is 11.8 Å². The molecule has 0 spiro atoms. The molecule has 19 heavy (non-hydrogen) atoms. The number of hydrogen-bond acceptors (Lipinski definition) is 2. The molecule has 1 saturated heterocycles.